The molecule has 0 radical (unpaired) electrons. The molecule has 3 nitrogen and oxygen atoms in total. The van der Waals surface area contributed by atoms with Crippen molar-refractivity contribution in [1.82, 2.24) is 10.3 Å². The van der Waals surface area contributed by atoms with E-state index in [2.05, 4.69) is 34.6 Å². The first-order chi connectivity index (χ1) is 10.2. The number of aromatic nitrogens is 1. The third-order valence-electron chi connectivity index (χ3n) is 3.97. The average molecular weight is 471 g/mol. The van der Waals surface area contributed by atoms with Crippen molar-refractivity contribution >= 4 is 20.1 Å². The zero-order valence-electron chi connectivity index (χ0n) is 11.2. The van der Waals surface area contributed by atoms with Gasteiger partial charge in [0, 0.05) is 0 Å². The van der Waals surface area contributed by atoms with E-state index in [-0.39, 0.29) is 5.91 Å². The van der Waals surface area contributed by atoms with E-state index in [4.69, 9.17) is 0 Å². The third kappa shape index (κ3) is 2.09. The Morgan fingerprint density at radius 2 is 1.86 bits per heavy atom. The summed E-state index contributed by atoms with van der Waals surface area (Å²) in [7, 11) is 0. The Kier molecular flexibility index (Phi) is 3.08. The monoisotopic (exact) mass is 471 g/mol. The van der Waals surface area contributed by atoms with Gasteiger partial charge in [-0.2, -0.15) is 0 Å². The molecule has 0 unspecified atom stereocenters. The van der Waals surface area contributed by atoms with E-state index < -0.39 is 0 Å². The van der Waals surface area contributed by atoms with E-state index in [0.717, 1.165) is 28.6 Å². The van der Waals surface area contributed by atoms with Gasteiger partial charge in [-0.25, -0.2) is 0 Å². The van der Waals surface area contributed by atoms with E-state index in [9.17, 15) is 4.79 Å². The maximum atomic E-state index is 12.2. The number of H-pyrrole nitrogens is 1. The number of amides is 1. The van der Waals surface area contributed by atoms with Crippen molar-refractivity contribution in [2.75, 3.05) is 6.54 Å². The molecule has 3 aromatic rings. The molecule has 0 spiro atoms. The van der Waals surface area contributed by atoms with Crippen molar-refractivity contribution in [3.63, 3.8) is 0 Å². The van der Waals surface area contributed by atoms with Gasteiger partial charge in [0.2, 0.25) is 0 Å². The third-order valence-corrected chi connectivity index (χ3v) is 4.95. The van der Waals surface area contributed by atoms with Crippen molar-refractivity contribution in [3.05, 3.63) is 53.6 Å². The van der Waals surface area contributed by atoms with Crippen molar-refractivity contribution in [1.29, 1.82) is 0 Å². The van der Waals surface area contributed by atoms with Gasteiger partial charge in [-0.05, 0) is 0 Å². The van der Waals surface area contributed by atoms with Crippen molar-refractivity contribution < 1.29 is 29.5 Å². The van der Waals surface area contributed by atoms with Gasteiger partial charge in [-0.15, -0.1) is 0 Å². The second-order valence-electron chi connectivity index (χ2n) is 5.22. The summed E-state index contributed by atoms with van der Waals surface area (Å²) in [5.74, 6) is 0.0243. The van der Waals surface area contributed by atoms with Gasteiger partial charge in [0.1, 0.15) is 0 Å². The van der Waals surface area contributed by atoms with Gasteiger partial charge in [-0.1, -0.05) is 0 Å². The number of benzene rings is 2. The predicted octanol–water partition coefficient (Wildman–Crippen LogP) is 2.30. The van der Waals surface area contributed by atoms with E-state index >= 15 is 0 Å². The number of carbonyl (C=O) groups excluding carboxylic acids is 1. The number of rotatable bonds is 1. The van der Waals surface area contributed by atoms with Gasteiger partial charge in [-0.3, -0.25) is 0 Å². The standard InChI is InChI=1S/C17H13AtN2O/c18-11-6-4-10(5-7-11)16-12-8-9-19-17(21)13-2-1-3-14(20-16)15(12)13/h1-7,20H,8-9H2,(H,19,21). The number of hydrogen-bond donors (Lipinski definition) is 2. The van der Waals surface area contributed by atoms with E-state index in [1.165, 1.54) is 14.4 Å². The van der Waals surface area contributed by atoms with Crippen molar-refractivity contribution in [3.8, 4) is 11.3 Å². The zero-order chi connectivity index (χ0) is 14.4. The van der Waals surface area contributed by atoms with Gasteiger partial charge in [0.25, 0.3) is 0 Å². The summed E-state index contributed by atoms with van der Waals surface area (Å²) < 4.78 is 1.30. The Balaban J connectivity index is 2.02. The molecule has 0 saturated heterocycles. The van der Waals surface area contributed by atoms with Crippen LogP contribution in [0.2, 0.25) is 0 Å². The van der Waals surface area contributed by atoms with Crippen LogP contribution in [0.25, 0.3) is 22.2 Å². The molecule has 2 heterocycles. The summed E-state index contributed by atoms with van der Waals surface area (Å²) in [5.41, 5.74) is 5.38. The first kappa shape index (κ1) is 13.0. The Labute approximate surface area is 137 Å². The van der Waals surface area contributed by atoms with E-state index in [1.54, 1.807) is 24.7 Å². The van der Waals surface area contributed by atoms with Crippen LogP contribution in [0, 0.1) is 24.7 Å². The maximum absolute atomic E-state index is 12.2. The molecule has 2 aromatic carbocycles. The van der Waals surface area contributed by atoms with Crippen LogP contribution in [0.3, 0.4) is 0 Å². The van der Waals surface area contributed by atoms with Gasteiger partial charge < -0.3 is 0 Å². The SMILES string of the molecule is O=C1NCCc2c(-c3ccc([At])cc3)[nH]c3cccc1c23. The van der Waals surface area contributed by atoms with Gasteiger partial charge >= 0.3 is 138 Å². The Morgan fingerprint density at radius 1 is 1.05 bits per heavy atom. The first-order valence-corrected chi connectivity index (χ1v) is 8.38. The molecular weight excluding hydrogens is 458 g/mol. The molecule has 0 aliphatic carbocycles. The van der Waals surface area contributed by atoms with Crippen LogP contribution in [0.15, 0.2) is 42.5 Å². The minimum absolute atomic E-state index is 0.0243. The van der Waals surface area contributed by atoms with E-state index in [0.29, 0.717) is 6.54 Å². The number of aromatic amines is 1. The number of nitrogens with one attached hydrogen (secondary N) is 2. The molecular formula is C17H13AtN2O. The van der Waals surface area contributed by atoms with Gasteiger partial charge in [0.15, 0.2) is 0 Å². The summed E-state index contributed by atoms with van der Waals surface area (Å²) in [6.07, 6.45) is 0.857. The molecule has 2 N–H and O–H groups in total. The molecule has 0 atom stereocenters. The average Bonchev–Trinajstić information content (AvgIpc) is 2.77. The molecule has 4 heteroatoms. The molecule has 1 amide bonds. The summed E-state index contributed by atoms with van der Waals surface area (Å²) >= 11 is 1.68. The Hall–Kier alpha value is -1.67. The van der Waals surface area contributed by atoms with Crippen LogP contribution in [0.4, 0.5) is 0 Å². The normalized spacial score (nSPS) is 14.0. The summed E-state index contributed by atoms with van der Waals surface area (Å²) in [4.78, 5) is 15.7. The summed E-state index contributed by atoms with van der Waals surface area (Å²) in [6.45, 7) is 0.683. The van der Waals surface area contributed by atoms with Crippen LogP contribution in [0.1, 0.15) is 15.9 Å². The second kappa shape index (κ2) is 4.96. The van der Waals surface area contributed by atoms with Gasteiger partial charge in [0.05, 0.1) is 0 Å². The molecule has 4 rings (SSSR count). The Bertz CT molecular complexity index is 849. The predicted molar refractivity (Wildman–Crippen MR) is 79.4 cm³/mol. The Morgan fingerprint density at radius 3 is 2.67 bits per heavy atom. The second-order valence-corrected chi connectivity index (χ2v) is 6.92. The summed E-state index contributed by atoms with van der Waals surface area (Å²) in [6, 6.07) is 14.5. The molecule has 0 bridgehead atoms. The van der Waals surface area contributed by atoms with Crippen LogP contribution in [0.5, 0.6) is 0 Å². The van der Waals surface area contributed by atoms with Crippen LogP contribution in [-0.2, 0) is 6.42 Å². The quantitative estimate of drug-likeness (QED) is 0.563. The molecule has 104 valence electrons. The van der Waals surface area contributed by atoms with Crippen molar-refractivity contribution in [2.24, 2.45) is 0 Å². The fraction of sp³-hybridized carbons (Fsp3) is 0.118. The minimum atomic E-state index is 0.0243. The molecule has 1 aliphatic heterocycles. The summed E-state index contributed by atoms with van der Waals surface area (Å²) in [5, 5.41) is 4.05. The molecule has 0 saturated carbocycles. The number of hydrogen-bond acceptors (Lipinski definition) is 1. The van der Waals surface area contributed by atoms with E-state index in [1.807, 2.05) is 18.2 Å². The first-order valence-electron chi connectivity index (χ1n) is 6.92. The molecule has 1 aliphatic rings. The van der Waals surface area contributed by atoms with Crippen LogP contribution >= 0.6 is 0 Å². The topological polar surface area (TPSA) is 44.9 Å². The molecule has 1 aromatic heterocycles. The zero-order valence-corrected chi connectivity index (χ0v) is 14.2. The van der Waals surface area contributed by atoms with Crippen LogP contribution < -0.4 is 8.59 Å². The van der Waals surface area contributed by atoms with Crippen LogP contribution in [-0.4, -0.2) is 17.4 Å². The molecule has 21 heavy (non-hydrogen) atoms. The fourth-order valence-corrected chi connectivity index (χ4v) is 3.50. The number of carbonyl (C=O) groups is 1. The molecule has 0 fully saturated rings. The fourth-order valence-electron chi connectivity index (χ4n) is 3.02. The van der Waals surface area contributed by atoms with Crippen molar-refractivity contribution in [2.45, 2.75) is 6.42 Å².